The molecule has 4 heteroatoms. The molecule has 0 bridgehead atoms. The quantitative estimate of drug-likeness (QED) is 0.218. The fraction of sp³-hybridized carbons (Fsp3) is 0.536. The molecule has 2 rings (SSSR count). The van der Waals surface area contributed by atoms with Gasteiger partial charge in [-0.1, -0.05) is 62.1 Å². The third-order valence-electron chi connectivity index (χ3n) is 5.18. The van der Waals surface area contributed by atoms with Crippen molar-refractivity contribution in [2.75, 3.05) is 31.9 Å². The lowest BCUT2D eigenvalue weighted by Crippen LogP contribution is -2.36. The number of hydrogen-bond acceptors (Lipinski definition) is 3. The monoisotopic (exact) mass is 452 g/mol. The zero-order chi connectivity index (χ0) is 23.2. The molecule has 2 aromatic carbocycles. The van der Waals surface area contributed by atoms with Crippen LogP contribution in [0.5, 0.6) is 0 Å². The van der Waals surface area contributed by atoms with E-state index in [2.05, 4.69) is 80.1 Å². The number of carbonyl (C=O) groups excluding carboxylic acids is 1. The molecule has 0 aromatic heterocycles. The van der Waals surface area contributed by atoms with Crippen LogP contribution in [0.15, 0.2) is 47.4 Å². The van der Waals surface area contributed by atoms with Crippen LogP contribution in [0.2, 0.25) is 0 Å². The summed E-state index contributed by atoms with van der Waals surface area (Å²) in [5.74, 6) is 7.19. The molecule has 0 saturated carbocycles. The number of nitrogens with zero attached hydrogens (tertiary/aromatic N) is 1. The van der Waals surface area contributed by atoms with E-state index in [1.807, 2.05) is 12.1 Å². The van der Waals surface area contributed by atoms with Gasteiger partial charge in [0.1, 0.15) is 0 Å². The van der Waals surface area contributed by atoms with Crippen LogP contribution in [-0.2, 0) is 4.79 Å². The topological polar surface area (TPSA) is 32.3 Å². The Bertz CT molecular complexity index is 886. The second-order valence-electron chi connectivity index (χ2n) is 9.32. The highest BCUT2D eigenvalue weighted by Gasteiger charge is 2.08. The Morgan fingerprint density at radius 1 is 1.00 bits per heavy atom. The summed E-state index contributed by atoms with van der Waals surface area (Å²) in [6.07, 6.45) is 5.73. The first-order chi connectivity index (χ1) is 15.4. The van der Waals surface area contributed by atoms with E-state index < -0.39 is 0 Å². The van der Waals surface area contributed by atoms with Gasteiger partial charge in [0.2, 0.25) is 5.91 Å². The number of thioether (sulfide) groups is 1. The van der Waals surface area contributed by atoms with Gasteiger partial charge in [0.05, 0.1) is 5.75 Å². The normalized spacial score (nSPS) is 11.4. The Kier molecular flexibility index (Phi) is 11.7. The SMILES string of the molecule is CCCCCN(CCCC#CC(C)(C)C)CCNC(=O)CSc1cccc2ccccc12. The second kappa shape index (κ2) is 14.2. The van der Waals surface area contributed by atoms with Crippen molar-refractivity contribution in [3.05, 3.63) is 42.5 Å². The Labute approximate surface area is 199 Å². The van der Waals surface area contributed by atoms with Crippen molar-refractivity contribution in [1.29, 1.82) is 0 Å². The van der Waals surface area contributed by atoms with E-state index in [0.29, 0.717) is 12.3 Å². The maximum atomic E-state index is 12.4. The lowest BCUT2D eigenvalue weighted by molar-refractivity contribution is -0.118. The highest BCUT2D eigenvalue weighted by atomic mass is 32.2. The van der Waals surface area contributed by atoms with Gasteiger partial charge in [-0.15, -0.1) is 17.7 Å². The molecule has 0 unspecified atom stereocenters. The molecule has 0 atom stereocenters. The second-order valence-corrected chi connectivity index (χ2v) is 10.3. The molecule has 2 aromatic rings. The van der Waals surface area contributed by atoms with Gasteiger partial charge in [-0.25, -0.2) is 0 Å². The molecule has 0 aliphatic rings. The van der Waals surface area contributed by atoms with Crippen molar-refractivity contribution >= 4 is 28.4 Å². The molecule has 1 N–H and O–H groups in total. The number of hydrogen-bond donors (Lipinski definition) is 1. The van der Waals surface area contributed by atoms with Gasteiger partial charge in [-0.3, -0.25) is 4.79 Å². The van der Waals surface area contributed by atoms with Crippen LogP contribution in [0.25, 0.3) is 10.8 Å². The first-order valence-corrected chi connectivity index (χ1v) is 13.0. The largest absolute Gasteiger partial charge is 0.354 e. The molecule has 0 heterocycles. The first kappa shape index (κ1) is 26.3. The smallest absolute Gasteiger partial charge is 0.230 e. The molecule has 0 saturated heterocycles. The predicted octanol–water partition coefficient (Wildman–Crippen LogP) is 6.37. The third kappa shape index (κ3) is 10.6. The summed E-state index contributed by atoms with van der Waals surface area (Å²) < 4.78 is 0. The Balaban J connectivity index is 1.74. The number of benzene rings is 2. The molecule has 0 aliphatic heterocycles. The number of amides is 1. The van der Waals surface area contributed by atoms with Gasteiger partial charge in [-0.2, -0.15) is 0 Å². The highest BCUT2D eigenvalue weighted by Crippen LogP contribution is 2.27. The summed E-state index contributed by atoms with van der Waals surface area (Å²) in [4.78, 5) is 16.1. The zero-order valence-corrected chi connectivity index (χ0v) is 21.2. The number of carbonyl (C=O) groups is 1. The molecular formula is C28H40N2OS. The average Bonchev–Trinajstić information content (AvgIpc) is 2.76. The number of unbranched alkanes of at least 4 members (excludes halogenated alkanes) is 3. The third-order valence-corrected chi connectivity index (χ3v) is 6.25. The van der Waals surface area contributed by atoms with Crippen molar-refractivity contribution in [3.63, 3.8) is 0 Å². The Morgan fingerprint density at radius 2 is 1.75 bits per heavy atom. The van der Waals surface area contributed by atoms with Crippen molar-refractivity contribution in [2.45, 2.75) is 64.7 Å². The molecule has 0 aliphatic carbocycles. The van der Waals surface area contributed by atoms with Crippen LogP contribution in [0.4, 0.5) is 0 Å². The summed E-state index contributed by atoms with van der Waals surface area (Å²) in [7, 11) is 0. The predicted molar refractivity (Wildman–Crippen MR) is 140 cm³/mol. The minimum Gasteiger partial charge on any atom is -0.354 e. The molecule has 0 spiro atoms. The molecule has 174 valence electrons. The average molecular weight is 453 g/mol. The molecule has 3 nitrogen and oxygen atoms in total. The van der Waals surface area contributed by atoms with Crippen LogP contribution in [0, 0.1) is 17.3 Å². The summed E-state index contributed by atoms with van der Waals surface area (Å²) in [6, 6.07) is 14.6. The maximum Gasteiger partial charge on any atom is 0.230 e. The Morgan fingerprint density at radius 3 is 2.53 bits per heavy atom. The first-order valence-electron chi connectivity index (χ1n) is 12.0. The van der Waals surface area contributed by atoms with Crippen molar-refractivity contribution in [2.24, 2.45) is 5.41 Å². The van der Waals surface area contributed by atoms with Crippen LogP contribution < -0.4 is 5.32 Å². The van der Waals surface area contributed by atoms with Gasteiger partial charge in [0.25, 0.3) is 0 Å². The molecule has 0 fully saturated rings. The van der Waals surface area contributed by atoms with E-state index in [9.17, 15) is 4.79 Å². The molecule has 32 heavy (non-hydrogen) atoms. The van der Waals surface area contributed by atoms with Crippen LogP contribution in [-0.4, -0.2) is 42.7 Å². The van der Waals surface area contributed by atoms with Gasteiger partial charge in [0.15, 0.2) is 0 Å². The van der Waals surface area contributed by atoms with Gasteiger partial charge in [-0.05, 0) is 63.5 Å². The highest BCUT2D eigenvalue weighted by molar-refractivity contribution is 8.00. The maximum absolute atomic E-state index is 12.4. The lowest BCUT2D eigenvalue weighted by Gasteiger charge is -2.22. The molecule has 0 radical (unpaired) electrons. The van der Waals surface area contributed by atoms with Crippen LogP contribution >= 0.6 is 11.8 Å². The Hall–Kier alpha value is -1.96. The minimum atomic E-state index is 0.0785. The summed E-state index contributed by atoms with van der Waals surface area (Å²) in [5.41, 5.74) is 0.0785. The number of fused-ring (bicyclic) bond motifs is 1. The lowest BCUT2D eigenvalue weighted by atomic mass is 9.98. The van der Waals surface area contributed by atoms with E-state index in [0.717, 1.165) is 37.4 Å². The summed E-state index contributed by atoms with van der Waals surface area (Å²) >= 11 is 1.61. The summed E-state index contributed by atoms with van der Waals surface area (Å²) in [6.45, 7) is 12.4. The molecule has 1 amide bonds. The van der Waals surface area contributed by atoms with E-state index in [4.69, 9.17) is 0 Å². The van der Waals surface area contributed by atoms with Gasteiger partial charge >= 0.3 is 0 Å². The van der Waals surface area contributed by atoms with Crippen molar-refractivity contribution < 1.29 is 4.79 Å². The van der Waals surface area contributed by atoms with Crippen molar-refractivity contribution in [1.82, 2.24) is 10.2 Å². The van der Waals surface area contributed by atoms with Gasteiger partial charge in [0, 0.05) is 29.8 Å². The zero-order valence-electron chi connectivity index (χ0n) is 20.4. The van der Waals surface area contributed by atoms with E-state index in [-0.39, 0.29) is 11.3 Å². The van der Waals surface area contributed by atoms with E-state index in [1.54, 1.807) is 11.8 Å². The van der Waals surface area contributed by atoms with Crippen LogP contribution in [0.1, 0.15) is 59.8 Å². The molecular weight excluding hydrogens is 412 g/mol. The number of nitrogens with one attached hydrogen (secondary N) is 1. The van der Waals surface area contributed by atoms with E-state index in [1.165, 1.54) is 30.0 Å². The number of rotatable bonds is 13. The van der Waals surface area contributed by atoms with E-state index >= 15 is 0 Å². The fourth-order valence-electron chi connectivity index (χ4n) is 3.51. The van der Waals surface area contributed by atoms with Gasteiger partial charge < -0.3 is 10.2 Å². The van der Waals surface area contributed by atoms with Crippen LogP contribution in [0.3, 0.4) is 0 Å². The fourth-order valence-corrected chi connectivity index (χ4v) is 4.41. The standard InChI is InChI=1S/C28H40N2OS/c1-5-6-11-20-30(21-12-7-10-18-28(2,3)4)22-19-29-27(31)23-32-26-17-13-15-24-14-8-9-16-25(24)26/h8-9,13-17H,5-7,11-12,19-23H2,1-4H3,(H,29,31). The summed E-state index contributed by atoms with van der Waals surface area (Å²) in [5, 5.41) is 5.54. The minimum absolute atomic E-state index is 0.0785. The van der Waals surface area contributed by atoms with Crippen molar-refractivity contribution in [3.8, 4) is 11.8 Å².